The molecule has 0 aliphatic carbocycles. The van der Waals surface area contributed by atoms with E-state index >= 15 is 0 Å². The summed E-state index contributed by atoms with van der Waals surface area (Å²) in [6.45, 7) is 5.64. The first-order valence-corrected chi connectivity index (χ1v) is 8.22. The van der Waals surface area contributed by atoms with Gasteiger partial charge in [0, 0.05) is 13.7 Å². The molecule has 0 aromatic heterocycles. The Morgan fingerprint density at radius 3 is 2.08 bits per heavy atom. The molecule has 4 nitrogen and oxygen atoms in total. The van der Waals surface area contributed by atoms with Crippen LogP contribution in [0.25, 0.3) is 0 Å². The Labute approximate surface area is 156 Å². The summed E-state index contributed by atoms with van der Waals surface area (Å²) in [6, 6.07) is 16.4. The van der Waals surface area contributed by atoms with Crippen LogP contribution >= 0.6 is 12.4 Å². The maximum Gasteiger partial charge on any atom is 0.234 e. The van der Waals surface area contributed by atoms with Crippen molar-refractivity contribution in [3.63, 3.8) is 0 Å². The van der Waals surface area contributed by atoms with Crippen LogP contribution in [-0.2, 0) is 9.53 Å². The van der Waals surface area contributed by atoms with Gasteiger partial charge in [-0.15, -0.1) is 12.4 Å². The molecule has 0 spiro atoms. The van der Waals surface area contributed by atoms with Crippen LogP contribution in [0.2, 0.25) is 0 Å². The average Bonchev–Trinajstić information content (AvgIpc) is 2.56. The second-order valence-electron chi connectivity index (χ2n) is 6.00. The first-order chi connectivity index (χ1) is 11.6. The Hall–Kier alpha value is -1.88. The molecule has 0 saturated carbocycles. The molecule has 0 heterocycles. The van der Waals surface area contributed by atoms with Gasteiger partial charge in [-0.3, -0.25) is 4.79 Å². The van der Waals surface area contributed by atoms with Gasteiger partial charge in [0.05, 0.1) is 19.2 Å². The summed E-state index contributed by atoms with van der Waals surface area (Å²) in [5.41, 5.74) is 4.53. The number of ether oxygens (including phenoxy) is 1. The van der Waals surface area contributed by atoms with E-state index in [1.54, 1.807) is 7.11 Å². The highest BCUT2D eigenvalue weighted by Gasteiger charge is 2.17. The molecule has 0 bridgehead atoms. The summed E-state index contributed by atoms with van der Waals surface area (Å²) in [5, 5.41) is 6.22. The minimum atomic E-state index is -0.151. The Morgan fingerprint density at radius 2 is 1.60 bits per heavy atom. The second-order valence-corrected chi connectivity index (χ2v) is 6.00. The van der Waals surface area contributed by atoms with Gasteiger partial charge in [0.2, 0.25) is 5.91 Å². The van der Waals surface area contributed by atoms with Gasteiger partial charge in [0.1, 0.15) is 0 Å². The molecular weight excluding hydrogens is 336 g/mol. The largest absolute Gasteiger partial charge is 0.383 e. The number of amides is 1. The van der Waals surface area contributed by atoms with Crippen LogP contribution in [0.1, 0.15) is 28.3 Å². The van der Waals surface area contributed by atoms with E-state index in [4.69, 9.17) is 4.74 Å². The van der Waals surface area contributed by atoms with Crippen molar-refractivity contribution in [2.24, 2.45) is 0 Å². The maximum atomic E-state index is 12.3. The van der Waals surface area contributed by atoms with E-state index in [1.165, 1.54) is 11.1 Å². The first kappa shape index (κ1) is 21.2. The number of carbonyl (C=O) groups is 1. The molecule has 0 unspecified atom stereocenters. The number of hydrogen-bond donors (Lipinski definition) is 2. The third-order valence-corrected chi connectivity index (χ3v) is 3.82. The van der Waals surface area contributed by atoms with Gasteiger partial charge in [-0.2, -0.15) is 0 Å². The molecule has 2 aromatic rings. The molecular formula is C20H27ClN2O2. The Morgan fingerprint density at radius 1 is 1.04 bits per heavy atom. The summed E-state index contributed by atoms with van der Waals surface area (Å²) >= 11 is 0. The Kier molecular flexibility index (Phi) is 9.21. The summed E-state index contributed by atoms with van der Waals surface area (Å²) in [4.78, 5) is 12.3. The fourth-order valence-corrected chi connectivity index (χ4v) is 2.65. The lowest BCUT2D eigenvalue weighted by Crippen LogP contribution is -2.37. The van der Waals surface area contributed by atoms with Crippen molar-refractivity contribution in [1.82, 2.24) is 10.6 Å². The van der Waals surface area contributed by atoms with E-state index in [2.05, 4.69) is 60.9 Å². The summed E-state index contributed by atoms with van der Waals surface area (Å²) < 4.78 is 4.98. The van der Waals surface area contributed by atoms with Crippen LogP contribution in [0.3, 0.4) is 0 Å². The molecule has 2 rings (SSSR count). The number of nitrogens with one attached hydrogen (secondary N) is 2. The van der Waals surface area contributed by atoms with Crippen molar-refractivity contribution in [2.75, 3.05) is 26.8 Å². The highest BCUT2D eigenvalue weighted by molar-refractivity contribution is 5.85. The van der Waals surface area contributed by atoms with Crippen LogP contribution in [0.5, 0.6) is 0 Å². The molecule has 2 aromatic carbocycles. The van der Waals surface area contributed by atoms with Crippen molar-refractivity contribution >= 4 is 18.3 Å². The van der Waals surface area contributed by atoms with Crippen molar-refractivity contribution in [3.05, 3.63) is 70.8 Å². The SMILES string of the molecule is COCCNCC(=O)NC(c1cccc(C)c1)c1cccc(C)c1.Cl. The molecule has 136 valence electrons. The quantitative estimate of drug-likeness (QED) is 0.709. The number of hydrogen-bond acceptors (Lipinski definition) is 3. The molecule has 0 atom stereocenters. The van der Waals surface area contributed by atoms with Gasteiger partial charge >= 0.3 is 0 Å². The zero-order valence-electron chi connectivity index (χ0n) is 15.0. The Bertz CT molecular complexity index is 631. The highest BCUT2D eigenvalue weighted by atomic mass is 35.5. The number of methoxy groups -OCH3 is 1. The molecule has 25 heavy (non-hydrogen) atoms. The average molecular weight is 363 g/mol. The number of halogens is 1. The van der Waals surface area contributed by atoms with Crippen molar-refractivity contribution in [3.8, 4) is 0 Å². The van der Waals surface area contributed by atoms with Gasteiger partial charge in [0.25, 0.3) is 0 Å². The van der Waals surface area contributed by atoms with Gasteiger partial charge in [-0.05, 0) is 25.0 Å². The molecule has 5 heteroatoms. The van der Waals surface area contributed by atoms with Crippen LogP contribution in [0, 0.1) is 13.8 Å². The number of rotatable bonds is 8. The van der Waals surface area contributed by atoms with Crippen LogP contribution in [0.15, 0.2) is 48.5 Å². The zero-order chi connectivity index (χ0) is 17.4. The fourth-order valence-electron chi connectivity index (χ4n) is 2.65. The summed E-state index contributed by atoms with van der Waals surface area (Å²) in [5.74, 6) is -0.0286. The standard InChI is InChI=1S/C20H26N2O2.ClH/c1-15-6-4-8-17(12-15)20(18-9-5-7-16(2)13-18)22-19(23)14-21-10-11-24-3;/h4-9,12-13,20-21H,10-11,14H2,1-3H3,(H,22,23);1H. The number of carbonyl (C=O) groups excluding carboxylic acids is 1. The summed E-state index contributed by atoms with van der Waals surface area (Å²) in [6.07, 6.45) is 0. The lowest BCUT2D eigenvalue weighted by Gasteiger charge is -2.21. The maximum absolute atomic E-state index is 12.3. The van der Waals surface area contributed by atoms with E-state index in [0.29, 0.717) is 13.2 Å². The minimum Gasteiger partial charge on any atom is -0.383 e. The van der Waals surface area contributed by atoms with Crippen molar-refractivity contribution in [1.29, 1.82) is 0 Å². The van der Waals surface area contributed by atoms with Gasteiger partial charge in [0.15, 0.2) is 0 Å². The summed E-state index contributed by atoms with van der Waals surface area (Å²) in [7, 11) is 1.65. The van der Waals surface area contributed by atoms with Crippen molar-refractivity contribution in [2.45, 2.75) is 19.9 Å². The minimum absolute atomic E-state index is 0. The first-order valence-electron chi connectivity index (χ1n) is 8.22. The monoisotopic (exact) mass is 362 g/mol. The van der Waals surface area contributed by atoms with E-state index in [9.17, 15) is 4.79 Å². The normalized spacial score (nSPS) is 10.4. The van der Waals surface area contributed by atoms with Gasteiger partial charge in [-0.1, -0.05) is 59.7 Å². The second kappa shape index (κ2) is 10.9. The predicted molar refractivity (Wildman–Crippen MR) is 104 cm³/mol. The molecule has 0 fully saturated rings. The molecule has 0 saturated heterocycles. The Balaban J connectivity index is 0.00000312. The van der Waals surface area contributed by atoms with Crippen LogP contribution < -0.4 is 10.6 Å². The van der Waals surface area contributed by atoms with E-state index in [-0.39, 0.29) is 30.9 Å². The number of benzene rings is 2. The zero-order valence-corrected chi connectivity index (χ0v) is 15.9. The molecule has 2 N–H and O–H groups in total. The molecule has 0 radical (unpaired) electrons. The lowest BCUT2D eigenvalue weighted by molar-refractivity contribution is -0.120. The van der Waals surface area contributed by atoms with Crippen LogP contribution in [0.4, 0.5) is 0 Å². The van der Waals surface area contributed by atoms with Gasteiger partial charge < -0.3 is 15.4 Å². The van der Waals surface area contributed by atoms with E-state index < -0.39 is 0 Å². The fraction of sp³-hybridized carbons (Fsp3) is 0.350. The topological polar surface area (TPSA) is 50.4 Å². The van der Waals surface area contributed by atoms with Crippen LogP contribution in [-0.4, -0.2) is 32.7 Å². The third-order valence-electron chi connectivity index (χ3n) is 3.82. The van der Waals surface area contributed by atoms with Gasteiger partial charge in [-0.25, -0.2) is 0 Å². The van der Waals surface area contributed by atoms with Crippen molar-refractivity contribution < 1.29 is 9.53 Å². The number of aryl methyl sites for hydroxylation is 2. The third kappa shape index (κ3) is 6.86. The highest BCUT2D eigenvalue weighted by Crippen LogP contribution is 2.23. The van der Waals surface area contributed by atoms with E-state index in [0.717, 1.165) is 11.1 Å². The molecule has 1 amide bonds. The molecule has 0 aliphatic heterocycles. The molecule has 0 aliphatic rings. The predicted octanol–water partition coefficient (Wildman–Crippen LogP) is 3.17. The van der Waals surface area contributed by atoms with E-state index in [1.807, 2.05) is 12.1 Å². The smallest absolute Gasteiger partial charge is 0.234 e. The lowest BCUT2D eigenvalue weighted by atomic mass is 9.96.